The number of H-pyrrole nitrogens is 1. The zero-order chi connectivity index (χ0) is 8.55. The highest BCUT2D eigenvalue weighted by Gasteiger charge is 2.06. The monoisotopic (exact) mass is 165 g/mol. The number of hydrogen-bond donors (Lipinski definition) is 3. The molecule has 0 aliphatic heterocycles. The second-order valence-electron chi connectivity index (χ2n) is 2.44. The van der Waals surface area contributed by atoms with E-state index >= 15 is 0 Å². The summed E-state index contributed by atoms with van der Waals surface area (Å²) >= 11 is 0. The van der Waals surface area contributed by atoms with Crippen LogP contribution in [0.25, 0.3) is 10.9 Å². The lowest BCUT2D eigenvalue weighted by molar-refractivity contribution is -0.990. The van der Waals surface area contributed by atoms with Gasteiger partial charge in [0.25, 0.3) is 0 Å². The molecule has 0 spiro atoms. The topological polar surface area (TPSA) is 76.4 Å². The number of fused-ring (bicyclic) bond motifs is 1. The summed E-state index contributed by atoms with van der Waals surface area (Å²) in [5.74, 6) is 0. The molecule has 2 aromatic rings. The molecule has 0 saturated carbocycles. The van der Waals surface area contributed by atoms with Crippen LogP contribution in [-0.2, 0) is 0 Å². The molecule has 1 unspecified atom stereocenters. The van der Waals surface area contributed by atoms with Gasteiger partial charge in [0.1, 0.15) is 5.52 Å². The summed E-state index contributed by atoms with van der Waals surface area (Å²) in [4.78, 5) is 0. The van der Waals surface area contributed by atoms with E-state index in [9.17, 15) is 5.21 Å². The third-order valence-electron chi connectivity index (χ3n) is 1.71. The van der Waals surface area contributed by atoms with Gasteiger partial charge < -0.3 is 5.21 Å². The third-order valence-corrected chi connectivity index (χ3v) is 1.71. The Hall–Kier alpha value is -1.43. The molecule has 62 valence electrons. The van der Waals surface area contributed by atoms with Crippen molar-refractivity contribution >= 4 is 16.6 Å². The summed E-state index contributed by atoms with van der Waals surface area (Å²) in [7, 11) is 0. The number of aromatic amines is 1. The summed E-state index contributed by atoms with van der Waals surface area (Å²) in [6.45, 7) is 0. The SMILES string of the molecule is [O-][NH+](O)c1cccc2cn[nH]c12. The first-order valence-electron chi connectivity index (χ1n) is 3.44. The van der Waals surface area contributed by atoms with Crippen molar-refractivity contribution in [1.29, 1.82) is 0 Å². The quantitative estimate of drug-likeness (QED) is 0.519. The summed E-state index contributed by atoms with van der Waals surface area (Å²) in [5.41, 5.74) is 0.829. The Balaban J connectivity index is 2.73. The Morgan fingerprint density at radius 3 is 3.08 bits per heavy atom. The van der Waals surface area contributed by atoms with Gasteiger partial charge in [-0.25, -0.2) is 5.21 Å². The number of aromatic nitrogens is 2. The Labute approximate surface area is 67.8 Å². The molecule has 0 saturated heterocycles. The summed E-state index contributed by atoms with van der Waals surface area (Å²) < 4.78 is 0. The molecule has 12 heavy (non-hydrogen) atoms. The van der Waals surface area contributed by atoms with E-state index in [4.69, 9.17) is 5.21 Å². The normalized spacial score (nSPS) is 13.5. The van der Waals surface area contributed by atoms with Crippen LogP contribution in [0.5, 0.6) is 0 Å². The number of hydrogen-bond acceptors (Lipinski definition) is 3. The average Bonchev–Trinajstić information content (AvgIpc) is 2.49. The van der Waals surface area contributed by atoms with Crippen LogP contribution in [0.3, 0.4) is 0 Å². The van der Waals surface area contributed by atoms with Gasteiger partial charge in [0.05, 0.1) is 6.20 Å². The highest BCUT2D eigenvalue weighted by Crippen LogP contribution is 2.16. The summed E-state index contributed by atoms with van der Waals surface area (Å²) in [5, 5.41) is 25.7. The predicted molar refractivity (Wildman–Crippen MR) is 41.9 cm³/mol. The lowest BCUT2D eigenvalue weighted by atomic mass is 10.2. The van der Waals surface area contributed by atoms with Gasteiger partial charge in [-0.1, -0.05) is 12.1 Å². The van der Waals surface area contributed by atoms with Crippen molar-refractivity contribution in [2.24, 2.45) is 0 Å². The fourth-order valence-electron chi connectivity index (χ4n) is 1.15. The highest BCUT2D eigenvalue weighted by molar-refractivity contribution is 5.86. The van der Waals surface area contributed by atoms with Gasteiger partial charge in [-0.05, 0) is 0 Å². The van der Waals surface area contributed by atoms with E-state index in [-0.39, 0.29) is 5.69 Å². The fourth-order valence-corrected chi connectivity index (χ4v) is 1.15. The third kappa shape index (κ3) is 0.964. The molecule has 0 fully saturated rings. The Morgan fingerprint density at radius 2 is 2.33 bits per heavy atom. The molecule has 1 atom stereocenters. The number of nitrogens with zero attached hydrogens (tertiary/aromatic N) is 1. The second-order valence-corrected chi connectivity index (χ2v) is 2.44. The molecule has 1 aromatic carbocycles. The van der Waals surface area contributed by atoms with Crippen LogP contribution in [0.15, 0.2) is 24.4 Å². The first kappa shape index (κ1) is 7.23. The van der Waals surface area contributed by atoms with Crippen LogP contribution < -0.4 is 5.23 Å². The molecule has 1 aromatic heterocycles. The van der Waals surface area contributed by atoms with Crippen molar-refractivity contribution in [3.8, 4) is 0 Å². The number of rotatable bonds is 1. The predicted octanol–water partition coefficient (Wildman–Crippen LogP) is -0.0337. The van der Waals surface area contributed by atoms with E-state index in [2.05, 4.69) is 10.2 Å². The van der Waals surface area contributed by atoms with Crippen molar-refractivity contribution < 1.29 is 10.4 Å². The van der Waals surface area contributed by atoms with Crippen molar-refractivity contribution in [2.45, 2.75) is 0 Å². The van der Waals surface area contributed by atoms with E-state index < -0.39 is 5.23 Å². The van der Waals surface area contributed by atoms with Gasteiger partial charge in [0, 0.05) is 11.5 Å². The minimum Gasteiger partial charge on any atom is -0.595 e. The van der Waals surface area contributed by atoms with Crippen LogP contribution in [0.4, 0.5) is 5.69 Å². The fraction of sp³-hybridized carbons (Fsp3) is 0. The zero-order valence-corrected chi connectivity index (χ0v) is 6.11. The molecule has 2 rings (SSSR count). The van der Waals surface area contributed by atoms with Crippen molar-refractivity contribution in [3.63, 3.8) is 0 Å². The lowest BCUT2D eigenvalue weighted by Crippen LogP contribution is -2.99. The number of quaternary nitrogens is 1. The molecule has 5 nitrogen and oxygen atoms in total. The van der Waals surface area contributed by atoms with Gasteiger partial charge in [0.2, 0.25) is 0 Å². The van der Waals surface area contributed by atoms with Crippen LogP contribution in [-0.4, -0.2) is 15.4 Å². The minimum atomic E-state index is -0.940. The molecule has 0 radical (unpaired) electrons. The summed E-state index contributed by atoms with van der Waals surface area (Å²) in [6, 6.07) is 5.05. The van der Waals surface area contributed by atoms with Gasteiger partial charge >= 0.3 is 0 Å². The molecule has 0 aliphatic carbocycles. The van der Waals surface area contributed by atoms with Crippen molar-refractivity contribution in [1.82, 2.24) is 10.2 Å². The number of benzene rings is 1. The molecular weight excluding hydrogens is 158 g/mol. The van der Waals surface area contributed by atoms with Crippen LogP contribution in [0, 0.1) is 5.21 Å². The van der Waals surface area contributed by atoms with E-state index in [1.165, 1.54) is 0 Å². The van der Waals surface area contributed by atoms with Crippen LogP contribution >= 0.6 is 0 Å². The maximum Gasteiger partial charge on any atom is 0.189 e. The number of para-hydroxylation sites is 1. The van der Waals surface area contributed by atoms with Crippen LogP contribution in [0.2, 0.25) is 0 Å². The first-order chi connectivity index (χ1) is 5.79. The maximum atomic E-state index is 10.7. The molecule has 0 amide bonds. The van der Waals surface area contributed by atoms with E-state index in [1.807, 2.05) is 6.07 Å². The standard InChI is InChI=1S/C7H7N3O2/c11-10(12)6-3-1-2-5-4-8-9-7(5)6/h1-4,10-11H,(H,8,9). The smallest absolute Gasteiger partial charge is 0.189 e. The van der Waals surface area contributed by atoms with Gasteiger partial charge in [-0.2, -0.15) is 10.3 Å². The van der Waals surface area contributed by atoms with Crippen molar-refractivity contribution in [3.05, 3.63) is 29.6 Å². The summed E-state index contributed by atoms with van der Waals surface area (Å²) in [6.07, 6.45) is 1.60. The first-order valence-corrected chi connectivity index (χ1v) is 3.44. The minimum absolute atomic E-state index is 0.255. The zero-order valence-electron chi connectivity index (χ0n) is 6.11. The maximum absolute atomic E-state index is 10.7. The largest absolute Gasteiger partial charge is 0.595 e. The Kier molecular flexibility index (Phi) is 1.54. The van der Waals surface area contributed by atoms with E-state index in [0.29, 0.717) is 5.52 Å². The van der Waals surface area contributed by atoms with E-state index in [0.717, 1.165) is 5.39 Å². The van der Waals surface area contributed by atoms with Gasteiger partial charge in [-0.15, -0.1) is 0 Å². The second kappa shape index (κ2) is 2.56. The highest BCUT2D eigenvalue weighted by atomic mass is 16.8. The Bertz CT molecular complexity index is 396. The lowest BCUT2D eigenvalue weighted by Gasteiger charge is -2.11. The molecule has 0 bridgehead atoms. The Morgan fingerprint density at radius 1 is 1.50 bits per heavy atom. The molecule has 1 heterocycles. The molecular formula is C7H7N3O2. The van der Waals surface area contributed by atoms with Crippen molar-refractivity contribution in [2.75, 3.05) is 0 Å². The molecule has 5 heteroatoms. The average molecular weight is 165 g/mol. The number of nitrogens with one attached hydrogen (secondary N) is 2. The molecule has 3 N–H and O–H groups in total. The molecule has 0 aliphatic rings. The van der Waals surface area contributed by atoms with Crippen LogP contribution in [0.1, 0.15) is 0 Å². The van der Waals surface area contributed by atoms with Gasteiger partial charge in [0.15, 0.2) is 5.69 Å². The van der Waals surface area contributed by atoms with Gasteiger partial charge in [-0.3, -0.25) is 5.10 Å². The van der Waals surface area contributed by atoms with E-state index in [1.54, 1.807) is 18.3 Å².